The number of carbonyl (C=O) groups excluding carboxylic acids is 1. The number of hydrogen-bond acceptors (Lipinski definition) is 6. The first-order valence-electron chi connectivity index (χ1n) is 8.95. The Balaban J connectivity index is 1.73. The van der Waals surface area contributed by atoms with Crippen LogP contribution in [0.1, 0.15) is 0 Å². The molecule has 3 rings (SSSR count). The van der Waals surface area contributed by atoms with Crippen LogP contribution in [0.3, 0.4) is 0 Å². The summed E-state index contributed by atoms with van der Waals surface area (Å²) in [5.41, 5.74) is 0.325. The maximum Gasteiger partial charge on any atom is 0.262 e. The Kier molecular flexibility index (Phi) is 7.75. The van der Waals surface area contributed by atoms with Gasteiger partial charge in [-0.2, -0.15) is 4.31 Å². The van der Waals surface area contributed by atoms with Gasteiger partial charge in [0, 0.05) is 23.2 Å². The summed E-state index contributed by atoms with van der Waals surface area (Å²) in [6.07, 6.45) is 0. The molecular weight excluding hydrogens is 544 g/mol. The highest BCUT2D eigenvalue weighted by Gasteiger charge is 2.29. The zero-order valence-corrected chi connectivity index (χ0v) is 20.0. The Labute approximate surface area is 191 Å². The van der Waals surface area contributed by atoms with Crippen molar-refractivity contribution in [3.63, 3.8) is 0 Å². The second-order valence-corrected chi connectivity index (χ2v) is 9.97. The topological polar surface area (TPSA) is 94.2 Å². The zero-order chi connectivity index (χ0) is 21.7. The molecule has 30 heavy (non-hydrogen) atoms. The van der Waals surface area contributed by atoms with E-state index in [0.717, 1.165) is 4.47 Å². The molecule has 162 valence electrons. The van der Waals surface area contributed by atoms with Gasteiger partial charge in [0.1, 0.15) is 16.4 Å². The first kappa shape index (κ1) is 23.0. The summed E-state index contributed by atoms with van der Waals surface area (Å²) in [7, 11) is -2.39. The molecule has 0 bridgehead atoms. The maximum absolute atomic E-state index is 13.0. The summed E-state index contributed by atoms with van der Waals surface area (Å²) in [5, 5.41) is 2.66. The highest BCUT2D eigenvalue weighted by Crippen LogP contribution is 2.31. The van der Waals surface area contributed by atoms with Crippen LogP contribution in [0.5, 0.6) is 11.5 Å². The largest absolute Gasteiger partial charge is 0.495 e. The van der Waals surface area contributed by atoms with Crippen LogP contribution in [0.2, 0.25) is 0 Å². The van der Waals surface area contributed by atoms with Crippen LogP contribution >= 0.6 is 31.9 Å². The van der Waals surface area contributed by atoms with E-state index in [9.17, 15) is 13.2 Å². The third-order valence-corrected chi connectivity index (χ3v) is 7.32. The molecule has 1 amide bonds. The molecule has 0 spiro atoms. The second kappa shape index (κ2) is 10.1. The number of nitrogens with zero attached hydrogens (tertiary/aromatic N) is 1. The lowest BCUT2D eigenvalue weighted by Crippen LogP contribution is -2.40. The number of hydrogen-bond donors (Lipinski definition) is 1. The Morgan fingerprint density at radius 1 is 1.13 bits per heavy atom. The van der Waals surface area contributed by atoms with E-state index in [4.69, 9.17) is 14.2 Å². The van der Waals surface area contributed by atoms with Crippen molar-refractivity contribution in [1.82, 2.24) is 4.31 Å². The van der Waals surface area contributed by atoms with Crippen LogP contribution in [0.4, 0.5) is 5.69 Å². The fourth-order valence-electron chi connectivity index (χ4n) is 2.81. The number of carbonyl (C=O) groups is 1. The molecule has 1 heterocycles. The highest BCUT2D eigenvalue weighted by molar-refractivity contribution is 9.11. The van der Waals surface area contributed by atoms with Crippen molar-refractivity contribution in [1.29, 1.82) is 0 Å². The molecule has 8 nitrogen and oxygen atoms in total. The number of anilines is 1. The predicted octanol–water partition coefficient (Wildman–Crippen LogP) is 3.26. The quantitative estimate of drug-likeness (QED) is 0.556. The van der Waals surface area contributed by atoms with Crippen molar-refractivity contribution in [2.45, 2.75) is 4.90 Å². The number of morpholine rings is 1. The number of ether oxygens (including phenoxy) is 3. The molecule has 0 radical (unpaired) electrons. The highest BCUT2D eigenvalue weighted by atomic mass is 79.9. The summed E-state index contributed by atoms with van der Waals surface area (Å²) in [6.45, 7) is 0.954. The molecule has 0 aromatic heterocycles. The van der Waals surface area contributed by atoms with Gasteiger partial charge >= 0.3 is 0 Å². The van der Waals surface area contributed by atoms with E-state index in [1.807, 2.05) is 0 Å². The average molecular weight is 564 g/mol. The summed E-state index contributed by atoms with van der Waals surface area (Å²) in [4.78, 5) is 12.3. The third-order valence-electron chi connectivity index (χ3n) is 4.29. The molecule has 0 atom stereocenters. The van der Waals surface area contributed by atoms with Crippen molar-refractivity contribution < 1.29 is 27.4 Å². The van der Waals surface area contributed by atoms with Crippen molar-refractivity contribution >= 4 is 53.5 Å². The molecule has 2 aromatic carbocycles. The molecule has 1 fully saturated rings. The second-order valence-electron chi connectivity index (χ2n) is 6.29. The van der Waals surface area contributed by atoms with Gasteiger partial charge in [0.25, 0.3) is 5.91 Å². The molecule has 0 aliphatic carbocycles. The molecule has 0 saturated carbocycles. The normalized spacial score (nSPS) is 14.9. The van der Waals surface area contributed by atoms with Crippen molar-refractivity contribution in [2.24, 2.45) is 0 Å². The van der Waals surface area contributed by atoms with Gasteiger partial charge < -0.3 is 19.5 Å². The third kappa shape index (κ3) is 5.52. The average Bonchev–Trinajstić information content (AvgIpc) is 2.73. The Bertz CT molecular complexity index is 1030. The van der Waals surface area contributed by atoms with Gasteiger partial charge in [-0.3, -0.25) is 4.79 Å². The van der Waals surface area contributed by atoms with Crippen LogP contribution < -0.4 is 14.8 Å². The summed E-state index contributed by atoms with van der Waals surface area (Å²) < 4.78 is 44.9. The van der Waals surface area contributed by atoms with Gasteiger partial charge in [-0.05, 0) is 52.3 Å². The van der Waals surface area contributed by atoms with E-state index in [0.29, 0.717) is 29.1 Å². The molecular formula is C19H20Br2N2O6S. The van der Waals surface area contributed by atoms with Crippen molar-refractivity contribution in [2.75, 3.05) is 45.3 Å². The van der Waals surface area contributed by atoms with Gasteiger partial charge in [0.2, 0.25) is 10.0 Å². The fraction of sp³-hybridized carbons (Fsp3) is 0.316. The van der Waals surface area contributed by atoms with Crippen LogP contribution in [0.15, 0.2) is 50.2 Å². The molecule has 1 aliphatic rings. The molecule has 11 heteroatoms. The Morgan fingerprint density at radius 2 is 1.83 bits per heavy atom. The molecule has 0 unspecified atom stereocenters. The van der Waals surface area contributed by atoms with E-state index in [1.54, 1.807) is 24.3 Å². The van der Waals surface area contributed by atoms with Crippen molar-refractivity contribution in [3.05, 3.63) is 45.3 Å². The summed E-state index contributed by atoms with van der Waals surface area (Å²) in [6, 6.07) is 9.79. The Morgan fingerprint density at radius 3 is 2.50 bits per heavy atom. The van der Waals surface area contributed by atoms with E-state index in [1.165, 1.54) is 23.5 Å². The monoisotopic (exact) mass is 562 g/mol. The molecule has 1 aliphatic heterocycles. The molecule has 1 saturated heterocycles. The minimum Gasteiger partial charge on any atom is -0.495 e. The lowest BCUT2D eigenvalue weighted by atomic mass is 10.3. The smallest absolute Gasteiger partial charge is 0.262 e. The van der Waals surface area contributed by atoms with Gasteiger partial charge in [0.05, 0.1) is 24.8 Å². The van der Waals surface area contributed by atoms with E-state index in [-0.39, 0.29) is 30.3 Å². The number of nitrogens with one attached hydrogen (secondary N) is 1. The predicted molar refractivity (Wildman–Crippen MR) is 119 cm³/mol. The van der Waals surface area contributed by atoms with Gasteiger partial charge in [-0.1, -0.05) is 15.9 Å². The number of rotatable bonds is 7. The van der Waals surface area contributed by atoms with Gasteiger partial charge in [-0.15, -0.1) is 0 Å². The van der Waals surface area contributed by atoms with Crippen LogP contribution in [-0.4, -0.2) is 58.7 Å². The first-order chi connectivity index (χ1) is 14.3. The number of benzene rings is 2. The van der Waals surface area contributed by atoms with E-state index >= 15 is 0 Å². The number of amides is 1. The number of methoxy groups -OCH3 is 1. The summed E-state index contributed by atoms with van der Waals surface area (Å²) >= 11 is 6.72. The van der Waals surface area contributed by atoms with Crippen LogP contribution in [-0.2, 0) is 19.6 Å². The van der Waals surface area contributed by atoms with Crippen LogP contribution in [0, 0.1) is 0 Å². The summed E-state index contributed by atoms with van der Waals surface area (Å²) in [5.74, 6) is 0.290. The first-order valence-corrected chi connectivity index (χ1v) is 12.0. The maximum atomic E-state index is 13.0. The zero-order valence-electron chi connectivity index (χ0n) is 16.1. The fourth-order valence-corrected chi connectivity index (χ4v) is 5.57. The molecule has 1 N–H and O–H groups in total. The van der Waals surface area contributed by atoms with Crippen molar-refractivity contribution in [3.8, 4) is 11.5 Å². The van der Waals surface area contributed by atoms with Gasteiger partial charge in [-0.25, -0.2) is 8.42 Å². The SMILES string of the molecule is COc1ccc(NC(=O)COc2ccc(Br)cc2Br)cc1S(=O)(=O)N1CCOCC1. The lowest BCUT2D eigenvalue weighted by molar-refractivity contribution is -0.118. The number of sulfonamides is 1. The Hall–Kier alpha value is -1.66. The van der Waals surface area contributed by atoms with Gasteiger partial charge in [0.15, 0.2) is 6.61 Å². The minimum absolute atomic E-state index is 0.0127. The van der Waals surface area contributed by atoms with Crippen LogP contribution in [0.25, 0.3) is 0 Å². The molecule has 2 aromatic rings. The van der Waals surface area contributed by atoms with E-state index in [2.05, 4.69) is 37.2 Å². The lowest BCUT2D eigenvalue weighted by Gasteiger charge is -2.26. The van der Waals surface area contributed by atoms with E-state index < -0.39 is 15.9 Å². The number of halogens is 2. The standard InChI is InChI=1S/C19H20Br2N2O6S/c1-27-17-5-3-14(11-18(17)30(25,26)23-6-8-28-9-7-23)22-19(24)12-29-16-4-2-13(20)10-15(16)21/h2-5,10-11H,6-9,12H2,1H3,(H,22,24). The minimum atomic E-state index is -3.79.